The van der Waals surface area contributed by atoms with Crippen molar-refractivity contribution < 1.29 is 19.5 Å². The van der Waals surface area contributed by atoms with Crippen LogP contribution in [0.15, 0.2) is 28.7 Å². The van der Waals surface area contributed by atoms with Gasteiger partial charge < -0.3 is 15.2 Å². The van der Waals surface area contributed by atoms with Crippen molar-refractivity contribution in [3.05, 3.63) is 34.3 Å². The smallest absolute Gasteiger partial charge is 0.320 e. The molecule has 7 heteroatoms. The number of likely N-dealkylation sites (tertiary alicyclic amines) is 1. The Morgan fingerprint density at radius 2 is 1.85 bits per heavy atom. The Kier molecular flexibility index (Phi) is 12.6. The number of amides is 1. The zero-order valence-corrected chi connectivity index (χ0v) is 17.5. The fourth-order valence-corrected chi connectivity index (χ4v) is 2.32. The number of rotatable bonds is 4. The summed E-state index contributed by atoms with van der Waals surface area (Å²) in [7, 11) is 1.85. The molecular weight excluding hydrogens is 400 g/mol. The van der Waals surface area contributed by atoms with Crippen molar-refractivity contribution in [3.8, 4) is 0 Å². The predicted octanol–water partition coefficient (Wildman–Crippen LogP) is 3.21. The maximum Gasteiger partial charge on any atom is 0.320 e. The van der Waals surface area contributed by atoms with E-state index >= 15 is 0 Å². The number of carboxylic acids is 1. The molecule has 6 nitrogen and oxygen atoms in total. The molecule has 0 saturated carbocycles. The molecule has 2 N–H and O–H groups in total. The van der Waals surface area contributed by atoms with Gasteiger partial charge in [-0.3, -0.25) is 14.5 Å². The molecule has 1 unspecified atom stereocenters. The van der Waals surface area contributed by atoms with Gasteiger partial charge in [0, 0.05) is 10.0 Å². The number of nitrogens with one attached hydrogen (secondary N) is 1. The Hall–Kier alpha value is -1.73. The lowest BCUT2D eigenvalue weighted by atomic mass is 10.2. The predicted molar refractivity (Wildman–Crippen MR) is 106 cm³/mol. The molecule has 146 valence electrons. The quantitative estimate of drug-likeness (QED) is 0.718. The van der Waals surface area contributed by atoms with E-state index < -0.39 is 5.97 Å². The Morgan fingerprint density at radius 3 is 2.19 bits per heavy atom. The van der Waals surface area contributed by atoms with Gasteiger partial charge in [-0.15, -0.1) is 0 Å². The van der Waals surface area contributed by atoms with Crippen molar-refractivity contribution in [2.75, 3.05) is 20.1 Å². The minimum absolute atomic E-state index is 0.0505. The molecule has 1 atom stereocenters. The second-order valence-corrected chi connectivity index (χ2v) is 7.51. The number of aldehydes is 1. The summed E-state index contributed by atoms with van der Waals surface area (Å²) in [6, 6.07) is 6.70. The topological polar surface area (TPSA) is 86.7 Å². The highest BCUT2D eigenvalue weighted by Crippen LogP contribution is 2.14. The average molecular weight is 429 g/mol. The van der Waals surface area contributed by atoms with Crippen LogP contribution in [0.5, 0.6) is 0 Å². The van der Waals surface area contributed by atoms with E-state index in [9.17, 15) is 14.4 Å². The van der Waals surface area contributed by atoms with Crippen LogP contribution in [0.4, 0.5) is 0 Å². The van der Waals surface area contributed by atoms with Gasteiger partial charge in [-0.05, 0) is 56.6 Å². The van der Waals surface area contributed by atoms with Gasteiger partial charge in [0.2, 0.25) is 0 Å². The zero-order valence-electron chi connectivity index (χ0n) is 15.9. The number of hydrogen-bond donors (Lipinski definition) is 2. The van der Waals surface area contributed by atoms with Crippen molar-refractivity contribution in [1.29, 1.82) is 0 Å². The summed E-state index contributed by atoms with van der Waals surface area (Å²) < 4.78 is 0.916. The van der Waals surface area contributed by atoms with Gasteiger partial charge in [-0.1, -0.05) is 36.7 Å². The monoisotopic (exact) mass is 428 g/mol. The summed E-state index contributed by atoms with van der Waals surface area (Å²) in [5, 5.41) is 11.0. The normalized spacial score (nSPS) is 16.0. The molecule has 1 aliphatic heterocycles. The molecule has 1 fully saturated rings. The number of benzene rings is 1. The van der Waals surface area contributed by atoms with Crippen LogP contribution in [-0.4, -0.2) is 54.3 Å². The molecule has 1 amide bonds. The number of carbonyl (C=O) groups excluding carboxylic acids is 2. The second-order valence-electron chi connectivity index (χ2n) is 6.59. The SMILES string of the molecule is CC(C)C.CN1CCCC1C(=O)O.O=CCNC(=O)c1ccc(Br)cc1. The van der Waals surface area contributed by atoms with Crippen LogP contribution < -0.4 is 5.32 Å². The van der Waals surface area contributed by atoms with Crippen molar-refractivity contribution in [2.24, 2.45) is 5.92 Å². The standard InChI is InChI=1S/C9H8BrNO2.C6H11NO2.C4H10/c10-8-3-1-7(2-4-8)9(13)11-5-6-12;1-7-4-2-3-5(7)6(8)9;1-4(2)3/h1-4,6H,5H2,(H,11,13);5H,2-4H2,1H3,(H,8,9);4H,1-3H3. The summed E-state index contributed by atoms with van der Waals surface area (Å²) >= 11 is 3.26. The van der Waals surface area contributed by atoms with Crippen molar-refractivity contribution in [2.45, 2.75) is 39.7 Å². The van der Waals surface area contributed by atoms with Gasteiger partial charge in [0.25, 0.3) is 5.91 Å². The second kappa shape index (κ2) is 13.5. The van der Waals surface area contributed by atoms with Crippen molar-refractivity contribution in [1.82, 2.24) is 10.2 Å². The number of nitrogens with zero attached hydrogens (tertiary/aromatic N) is 1. The zero-order chi connectivity index (χ0) is 20.1. The molecule has 1 saturated heterocycles. The first kappa shape index (κ1) is 24.3. The van der Waals surface area contributed by atoms with E-state index in [-0.39, 0.29) is 18.5 Å². The number of hydrogen-bond acceptors (Lipinski definition) is 4. The van der Waals surface area contributed by atoms with Gasteiger partial charge >= 0.3 is 5.97 Å². The fourth-order valence-electron chi connectivity index (χ4n) is 2.06. The van der Waals surface area contributed by atoms with Crippen molar-refractivity contribution in [3.63, 3.8) is 0 Å². The molecule has 1 aromatic rings. The van der Waals surface area contributed by atoms with E-state index in [1.807, 2.05) is 11.9 Å². The van der Waals surface area contributed by atoms with Crippen LogP contribution in [-0.2, 0) is 9.59 Å². The molecule has 26 heavy (non-hydrogen) atoms. The van der Waals surface area contributed by atoms with Crippen LogP contribution in [0.3, 0.4) is 0 Å². The summed E-state index contributed by atoms with van der Waals surface area (Å²) in [4.78, 5) is 33.4. The van der Waals surface area contributed by atoms with Gasteiger partial charge in [0.1, 0.15) is 12.3 Å². The number of likely N-dealkylation sites (N-methyl/N-ethyl adjacent to an activating group) is 1. The molecule has 0 spiro atoms. The minimum Gasteiger partial charge on any atom is -0.480 e. The fraction of sp³-hybridized carbons (Fsp3) is 0.526. The Bertz CT molecular complexity index is 558. The number of carboxylic acid groups (broad SMARTS) is 1. The van der Waals surface area contributed by atoms with Crippen LogP contribution in [0.25, 0.3) is 0 Å². The highest BCUT2D eigenvalue weighted by atomic mass is 79.9. The molecule has 0 bridgehead atoms. The molecule has 2 rings (SSSR count). The van der Waals surface area contributed by atoms with Gasteiger partial charge in [-0.25, -0.2) is 0 Å². The number of aliphatic carboxylic acids is 1. The van der Waals surface area contributed by atoms with Crippen LogP contribution in [0.1, 0.15) is 44.0 Å². The van der Waals surface area contributed by atoms with Crippen LogP contribution in [0, 0.1) is 5.92 Å². The summed E-state index contributed by atoms with van der Waals surface area (Å²) in [6.07, 6.45) is 2.48. The lowest BCUT2D eigenvalue weighted by Gasteiger charge is -2.13. The average Bonchev–Trinajstić information content (AvgIpc) is 3.00. The van der Waals surface area contributed by atoms with E-state index in [1.165, 1.54) is 0 Å². The number of halogens is 1. The Labute approximate surface area is 164 Å². The lowest BCUT2D eigenvalue weighted by Crippen LogP contribution is -2.32. The maximum absolute atomic E-state index is 11.2. The maximum atomic E-state index is 11.2. The Morgan fingerprint density at radius 1 is 1.31 bits per heavy atom. The van der Waals surface area contributed by atoms with Crippen molar-refractivity contribution >= 4 is 34.1 Å². The minimum atomic E-state index is -0.685. The molecule has 1 heterocycles. The molecule has 0 aliphatic carbocycles. The molecule has 0 radical (unpaired) electrons. The van der Waals surface area contributed by atoms with Crippen LogP contribution in [0.2, 0.25) is 0 Å². The van der Waals surface area contributed by atoms with E-state index in [0.29, 0.717) is 11.8 Å². The lowest BCUT2D eigenvalue weighted by molar-refractivity contribution is -0.141. The van der Waals surface area contributed by atoms with E-state index in [0.717, 1.165) is 29.8 Å². The van der Waals surface area contributed by atoms with Gasteiger partial charge in [0.05, 0.1) is 6.54 Å². The van der Waals surface area contributed by atoms with E-state index in [4.69, 9.17) is 5.11 Å². The third-order valence-electron chi connectivity index (χ3n) is 3.26. The Balaban J connectivity index is 0.000000416. The van der Waals surface area contributed by atoms with E-state index in [1.54, 1.807) is 24.3 Å². The molecule has 0 aromatic heterocycles. The first-order valence-electron chi connectivity index (χ1n) is 8.59. The molecule has 1 aliphatic rings. The first-order valence-corrected chi connectivity index (χ1v) is 9.38. The highest BCUT2D eigenvalue weighted by molar-refractivity contribution is 9.10. The van der Waals surface area contributed by atoms with Gasteiger partial charge in [-0.2, -0.15) is 0 Å². The molecule has 1 aromatic carbocycles. The summed E-state index contributed by atoms with van der Waals surface area (Å²) in [5.74, 6) is -0.0883. The summed E-state index contributed by atoms with van der Waals surface area (Å²) in [6.45, 7) is 7.48. The molecular formula is C19H29BrN2O4. The summed E-state index contributed by atoms with van der Waals surface area (Å²) in [5.41, 5.74) is 0.546. The largest absolute Gasteiger partial charge is 0.480 e. The van der Waals surface area contributed by atoms with E-state index in [2.05, 4.69) is 42.0 Å². The van der Waals surface area contributed by atoms with Crippen LogP contribution >= 0.6 is 15.9 Å². The van der Waals surface area contributed by atoms with Gasteiger partial charge in [0.15, 0.2) is 0 Å². The third kappa shape index (κ3) is 11.0. The number of carbonyl (C=O) groups is 3. The first-order chi connectivity index (χ1) is 12.2. The highest BCUT2D eigenvalue weighted by Gasteiger charge is 2.26. The third-order valence-corrected chi connectivity index (χ3v) is 3.79.